The van der Waals surface area contributed by atoms with Crippen molar-refractivity contribution in [3.63, 3.8) is 0 Å². The molecule has 130 valence electrons. The Morgan fingerprint density at radius 2 is 1.88 bits per heavy atom. The van der Waals surface area contributed by atoms with Crippen LogP contribution in [0, 0.1) is 11.7 Å². The van der Waals surface area contributed by atoms with Gasteiger partial charge >= 0.3 is 6.03 Å². The Morgan fingerprint density at radius 3 is 2.58 bits per heavy atom. The van der Waals surface area contributed by atoms with Crippen molar-refractivity contribution in [2.45, 2.75) is 51.1 Å². The van der Waals surface area contributed by atoms with E-state index in [0.717, 1.165) is 19.3 Å². The van der Waals surface area contributed by atoms with Gasteiger partial charge in [0.2, 0.25) is 5.91 Å². The number of hydrogen-bond acceptors (Lipinski definition) is 2. The van der Waals surface area contributed by atoms with Gasteiger partial charge in [0.1, 0.15) is 5.82 Å². The Bertz CT molecular complexity index is 605. The summed E-state index contributed by atoms with van der Waals surface area (Å²) in [5.41, 5.74) is 0.659. The molecule has 3 rings (SSSR count). The van der Waals surface area contributed by atoms with Crippen molar-refractivity contribution in [1.29, 1.82) is 0 Å². The maximum Gasteiger partial charge on any atom is 0.315 e. The molecule has 2 N–H and O–H groups in total. The van der Waals surface area contributed by atoms with Gasteiger partial charge in [0.25, 0.3) is 0 Å². The van der Waals surface area contributed by atoms with Crippen LogP contribution >= 0.6 is 0 Å². The van der Waals surface area contributed by atoms with E-state index in [0.29, 0.717) is 18.2 Å². The molecule has 3 atom stereocenters. The number of carbonyl (C=O) groups excluding carboxylic acids is 2. The van der Waals surface area contributed by atoms with Crippen molar-refractivity contribution < 1.29 is 14.0 Å². The normalized spacial score (nSPS) is 27.2. The summed E-state index contributed by atoms with van der Waals surface area (Å²) in [5, 5.41) is 5.94. The third-order valence-corrected chi connectivity index (χ3v) is 5.03. The molecule has 0 radical (unpaired) electrons. The van der Waals surface area contributed by atoms with E-state index in [1.165, 1.54) is 18.6 Å². The topological polar surface area (TPSA) is 61.4 Å². The van der Waals surface area contributed by atoms with Gasteiger partial charge in [0.15, 0.2) is 0 Å². The molecule has 0 spiro atoms. The van der Waals surface area contributed by atoms with Gasteiger partial charge in [-0.1, -0.05) is 19.8 Å². The first-order chi connectivity index (χ1) is 11.5. The maximum absolute atomic E-state index is 13.0. The third-order valence-electron chi connectivity index (χ3n) is 5.03. The van der Waals surface area contributed by atoms with Crippen molar-refractivity contribution in [2.24, 2.45) is 5.92 Å². The number of urea groups is 1. The van der Waals surface area contributed by atoms with E-state index in [4.69, 9.17) is 0 Å². The van der Waals surface area contributed by atoms with Crippen LogP contribution in [0.4, 0.5) is 14.9 Å². The zero-order chi connectivity index (χ0) is 17.1. The van der Waals surface area contributed by atoms with Crippen molar-refractivity contribution in [2.75, 3.05) is 11.4 Å². The Morgan fingerprint density at radius 1 is 1.17 bits per heavy atom. The number of anilines is 1. The monoisotopic (exact) mass is 333 g/mol. The summed E-state index contributed by atoms with van der Waals surface area (Å²) in [5.74, 6) is 0.101. The molecular weight excluding hydrogens is 309 g/mol. The molecule has 0 bridgehead atoms. The van der Waals surface area contributed by atoms with Gasteiger partial charge < -0.3 is 15.5 Å². The van der Waals surface area contributed by atoms with Crippen LogP contribution in [0.15, 0.2) is 24.3 Å². The molecule has 6 heteroatoms. The van der Waals surface area contributed by atoms with Gasteiger partial charge in [-0.25, -0.2) is 9.18 Å². The number of carbonyl (C=O) groups is 2. The highest BCUT2D eigenvalue weighted by molar-refractivity contribution is 5.96. The number of amides is 3. The molecular formula is C18H24FN3O2. The highest BCUT2D eigenvalue weighted by atomic mass is 19.1. The van der Waals surface area contributed by atoms with E-state index in [1.54, 1.807) is 17.0 Å². The average Bonchev–Trinajstić information content (AvgIpc) is 2.90. The van der Waals surface area contributed by atoms with Gasteiger partial charge in [-0.2, -0.15) is 0 Å². The summed E-state index contributed by atoms with van der Waals surface area (Å²) in [6.07, 6.45) is 4.80. The highest BCUT2D eigenvalue weighted by Crippen LogP contribution is 2.24. The molecule has 24 heavy (non-hydrogen) atoms. The number of nitrogens with zero attached hydrogens (tertiary/aromatic N) is 1. The minimum absolute atomic E-state index is 0.0575. The van der Waals surface area contributed by atoms with Crippen LogP contribution in [0.5, 0.6) is 0 Å². The minimum Gasteiger partial charge on any atom is -0.335 e. The summed E-state index contributed by atoms with van der Waals surface area (Å²) >= 11 is 0. The van der Waals surface area contributed by atoms with Crippen molar-refractivity contribution in [3.8, 4) is 0 Å². The lowest BCUT2D eigenvalue weighted by Crippen LogP contribution is -2.49. The van der Waals surface area contributed by atoms with Crippen LogP contribution in [0.1, 0.15) is 39.0 Å². The van der Waals surface area contributed by atoms with E-state index < -0.39 is 0 Å². The molecule has 3 amide bonds. The van der Waals surface area contributed by atoms with Crippen LogP contribution in [0.2, 0.25) is 0 Å². The Balaban J connectivity index is 1.54. The van der Waals surface area contributed by atoms with Crippen LogP contribution < -0.4 is 15.5 Å². The lowest BCUT2D eigenvalue weighted by molar-refractivity contribution is -0.117. The third kappa shape index (κ3) is 3.86. The molecule has 1 aliphatic heterocycles. The first-order valence-electron chi connectivity index (χ1n) is 8.66. The molecule has 1 aromatic rings. The van der Waals surface area contributed by atoms with E-state index in [1.807, 2.05) is 0 Å². The fourth-order valence-corrected chi connectivity index (χ4v) is 3.60. The van der Waals surface area contributed by atoms with Gasteiger partial charge in [0, 0.05) is 24.7 Å². The summed E-state index contributed by atoms with van der Waals surface area (Å²) in [6, 6.07) is 5.62. The summed E-state index contributed by atoms with van der Waals surface area (Å²) < 4.78 is 13.0. The number of hydrogen-bond donors (Lipinski definition) is 2. The van der Waals surface area contributed by atoms with Crippen LogP contribution in [-0.4, -0.2) is 30.6 Å². The fourth-order valence-electron chi connectivity index (χ4n) is 3.60. The second-order valence-electron chi connectivity index (χ2n) is 6.87. The first kappa shape index (κ1) is 16.7. The molecule has 1 saturated carbocycles. The van der Waals surface area contributed by atoms with Gasteiger partial charge in [-0.3, -0.25) is 4.79 Å². The second kappa shape index (κ2) is 7.20. The molecule has 2 aliphatic rings. The van der Waals surface area contributed by atoms with E-state index in [2.05, 4.69) is 17.6 Å². The maximum atomic E-state index is 13.0. The van der Waals surface area contributed by atoms with Gasteiger partial charge in [0.05, 0.1) is 6.04 Å². The summed E-state index contributed by atoms with van der Waals surface area (Å²) in [4.78, 5) is 26.0. The number of nitrogens with one attached hydrogen (secondary N) is 2. The van der Waals surface area contributed by atoms with E-state index in [-0.39, 0.29) is 36.3 Å². The summed E-state index contributed by atoms with van der Waals surface area (Å²) in [7, 11) is 0. The Hall–Kier alpha value is -2.11. The lowest BCUT2D eigenvalue weighted by Gasteiger charge is -2.30. The molecule has 3 unspecified atom stereocenters. The SMILES string of the molecule is CC1CCCCC1NC(=O)NC1CC(=O)N(c2ccc(F)cc2)C1. The molecule has 1 aromatic carbocycles. The molecule has 5 nitrogen and oxygen atoms in total. The molecule has 2 fully saturated rings. The zero-order valence-electron chi connectivity index (χ0n) is 13.9. The predicted molar refractivity (Wildman–Crippen MR) is 90.2 cm³/mol. The Kier molecular flexibility index (Phi) is 5.02. The van der Waals surface area contributed by atoms with Crippen LogP contribution in [-0.2, 0) is 4.79 Å². The van der Waals surface area contributed by atoms with Gasteiger partial charge in [-0.15, -0.1) is 0 Å². The molecule has 1 saturated heterocycles. The number of benzene rings is 1. The largest absolute Gasteiger partial charge is 0.335 e. The van der Waals surface area contributed by atoms with Crippen molar-refractivity contribution in [3.05, 3.63) is 30.1 Å². The predicted octanol–water partition coefficient (Wildman–Crippen LogP) is 2.81. The van der Waals surface area contributed by atoms with E-state index in [9.17, 15) is 14.0 Å². The molecule has 1 heterocycles. The smallest absolute Gasteiger partial charge is 0.315 e. The standard InChI is InChI=1S/C18H24FN3O2/c1-12-4-2-3-5-16(12)21-18(24)20-14-10-17(23)22(11-14)15-8-6-13(19)7-9-15/h6-9,12,14,16H,2-5,10-11H2,1H3,(H2,20,21,24). The zero-order valence-corrected chi connectivity index (χ0v) is 13.9. The van der Waals surface area contributed by atoms with Crippen molar-refractivity contribution >= 4 is 17.6 Å². The molecule has 0 aromatic heterocycles. The highest BCUT2D eigenvalue weighted by Gasteiger charge is 2.32. The minimum atomic E-state index is -0.332. The van der Waals surface area contributed by atoms with Crippen LogP contribution in [0.3, 0.4) is 0 Å². The quantitative estimate of drug-likeness (QED) is 0.893. The number of rotatable bonds is 3. The summed E-state index contributed by atoms with van der Waals surface area (Å²) in [6.45, 7) is 2.58. The lowest BCUT2D eigenvalue weighted by atomic mass is 9.86. The Labute approximate surface area is 141 Å². The first-order valence-corrected chi connectivity index (χ1v) is 8.66. The van der Waals surface area contributed by atoms with E-state index >= 15 is 0 Å². The second-order valence-corrected chi connectivity index (χ2v) is 6.87. The van der Waals surface area contributed by atoms with Crippen molar-refractivity contribution in [1.82, 2.24) is 10.6 Å². The van der Waals surface area contributed by atoms with Crippen LogP contribution in [0.25, 0.3) is 0 Å². The van der Waals surface area contributed by atoms with Gasteiger partial charge in [-0.05, 0) is 43.0 Å². The number of halogens is 1. The fraction of sp³-hybridized carbons (Fsp3) is 0.556. The average molecular weight is 333 g/mol. The molecule has 1 aliphatic carbocycles.